The number of H-pyrrole nitrogens is 1. The topological polar surface area (TPSA) is 132 Å². The van der Waals surface area contributed by atoms with E-state index in [0.29, 0.717) is 29.0 Å². The molecular weight excluding hydrogens is 525 g/mol. The highest BCUT2D eigenvalue weighted by molar-refractivity contribution is 5.92. The van der Waals surface area contributed by atoms with E-state index < -0.39 is 48.7 Å². The van der Waals surface area contributed by atoms with Crippen LogP contribution in [0.15, 0.2) is 18.2 Å². The van der Waals surface area contributed by atoms with Gasteiger partial charge in [-0.1, -0.05) is 6.07 Å². The van der Waals surface area contributed by atoms with Gasteiger partial charge in [0.15, 0.2) is 5.69 Å². The highest BCUT2D eigenvalue weighted by atomic mass is 19.4. The zero-order chi connectivity index (χ0) is 28.5. The molecule has 4 N–H and O–H groups in total. The monoisotopic (exact) mass is 555 g/mol. The van der Waals surface area contributed by atoms with Crippen LogP contribution in [0, 0.1) is 5.92 Å². The van der Waals surface area contributed by atoms with Crippen LogP contribution in [0.5, 0.6) is 0 Å². The molecule has 9 nitrogen and oxygen atoms in total. The molecule has 1 aliphatic rings. The molecule has 0 radical (unpaired) electrons. The summed E-state index contributed by atoms with van der Waals surface area (Å²) in [6.07, 6.45) is -6.56. The first-order chi connectivity index (χ1) is 18.3. The number of nitrogens with zero attached hydrogens (tertiary/aromatic N) is 4. The van der Waals surface area contributed by atoms with Crippen molar-refractivity contribution in [1.82, 2.24) is 30.3 Å². The molecule has 0 bridgehead atoms. The predicted octanol–water partition coefficient (Wildman–Crippen LogP) is 4.75. The molecule has 0 saturated heterocycles. The third-order valence-electron chi connectivity index (χ3n) is 7.06. The minimum atomic E-state index is -4.42. The van der Waals surface area contributed by atoms with Gasteiger partial charge in [-0.2, -0.15) is 23.1 Å². The number of imidazole rings is 1. The summed E-state index contributed by atoms with van der Waals surface area (Å²) in [6, 6.07) is 4.52. The average molecular weight is 556 g/mol. The fourth-order valence-corrected chi connectivity index (χ4v) is 4.97. The van der Waals surface area contributed by atoms with Crippen molar-refractivity contribution in [3.05, 3.63) is 41.0 Å². The average Bonchev–Trinajstić information content (AvgIpc) is 3.47. The summed E-state index contributed by atoms with van der Waals surface area (Å²) in [5.41, 5.74) is 7.53. The Hall–Kier alpha value is -3.58. The summed E-state index contributed by atoms with van der Waals surface area (Å²) in [5.74, 6) is -4.83. The number of rotatable bonds is 9. The maximum atomic E-state index is 14.0. The first kappa shape index (κ1) is 28.4. The van der Waals surface area contributed by atoms with Gasteiger partial charge in [0.05, 0.1) is 36.0 Å². The highest BCUT2D eigenvalue weighted by Gasteiger charge is 2.41. The van der Waals surface area contributed by atoms with Gasteiger partial charge in [0, 0.05) is 19.3 Å². The van der Waals surface area contributed by atoms with Crippen LogP contribution in [0.2, 0.25) is 0 Å². The Morgan fingerprint density at radius 1 is 1.23 bits per heavy atom. The summed E-state index contributed by atoms with van der Waals surface area (Å²) in [6.45, 7) is 3.81. The number of hydrogen-bond acceptors (Lipinski definition) is 5. The molecule has 2 amide bonds. The maximum Gasteiger partial charge on any atom is 0.389 e. The van der Waals surface area contributed by atoms with Gasteiger partial charge in [-0.05, 0) is 50.3 Å². The molecule has 2 aromatic heterocycles. The molecule has 0 spiro atoms. The van der Waals surface area contributed by atoms with Crippen LogP contribution >= 0.6 is 0 Å². The van der Waals surface area contributed by atoms with E-state index in [9.17, 15) is 31.5 Å². The van der Waals surface area contributed by atoms with Crippen LogP contribution in [-0.2, 0) is 11.3 Å². The van der Waals surface area contributed by atoms with Crippen molar-refractivity contribution in [2.45, 2.75) is 83.0 Å². The molecule has 1 aromatic carbocycles. The van der Waals surface area contributed by atoms with Gasteiger partial charge in [-0.15, -0.1) is 5.10 Å². The minimum absolute atomic E-state index is 0.0458. The number of benzene rings is 1. The molecule has 3 aromatic rings. The van der Waals surface area contributed by atoms with Crippen LogP contribution in [-0.4, -0.2) is 48.9 Å². The van der Waals surface area contributed by atoms with Gasteiger partial charge in [0.25, 0.3) is 5.91 Å². The molecule has 39 heavy (non-hydrogen) atoms. The van der Waals surface area contributed by atoms with Crippen molar-refractivity contribution in [3.63, 3.8) is 0 Å². The van der Waals surface area contributed by atoms with E-state index in [-0.39, 0.29) is 43.0 Å². The third kappa shape index (κ3) is 6.71. The molecule has 1 saturated carbocycles. The second kappa shape index (κ2) is 10.9. The van der Waals surface area contributed by atoms with E-state index in [0.717, 1.165) is 0 Å². The number of hydrogen-bond donors (Lipinski definition) is 3. The van der Waals surface area contributed by atoms with Gasteiger partial charge in [0.2, 0.25) is 11.8 Å². The van der Waals surface area contributed by atoms with Gasteiger partial charge >= 0.3 is 6.18 Å². The number of carbonyl (C=O) groups excluding carboxylic acids is 2. The first-order valence-electron chi connectivity index (χ1n) is 12.7. The SMILES string of the molecule is CCn1nc(C(N)=O)c([C@@H](c2nc3ccc([C@@H](C)NC(=O)CCC(F)(F)F)cc3[nH]2)C2CCC(F)(F)CC2)n1. The Balaban J connectivity index is 1.65. The van der Waals surface area contributed by atoms with E-state index in [4.69, 9.17) is 5.73 Å². The van der Waals surface area contributed by atoms with Crippen molar-refractivity contribution in [1.29, 1.82) is 0 Å². The van der Waals surface area contributed by atoms with Crippen molar-refractivity contribution in [2.75, 3.05) is 0 Å². The molecule has 0 aliphatic heterocycles. The molecule has 4 rings (SSSR count). The third-order valence-corrected chi connectivity index (χ3v) is 7.06. The maximum absolute atomic E-state index is 14.0. The second-order valence-electron chi connectivity index (χ2n) is 9.96. The largest absolute Gasteiger partial charge is 0.389 e. The Morgan fingerprint density at radius 2 is 1.92 bits per heavy atom. The number of nitrogens with one attached hydrogen (secondary N) is 2. The van der Waals surface area contributed by atoms with Crippen molar-refractivity contribution in [3.8, 4) is 0 Å². The Bertz CT molecular complexity index is 1340. The van der Waals surface area contributed by atoms with Crippen LogP contribution in [0.1, 0.15) is 91.9 Å². The van der Waals surface area contributed by atoms with Crippen molar-refractivity contribution in [2.24, 2.45) is 11.7 Å². The fraction of sp³-hybridized carbons (Fsp3) is 0.560. The van der Waals surface area contributed by atoms with E-state index in [1.807, 2.05) is 0 Å². The Labute approximate surface area is 220 Å². The standard InChI is InChI=1S/C25H30F5N7O2/c1-3-37-35-20(21(36-37)22(31)39)19(14-6-9-24(26,27)10-7-14)23-33-16-5-4-15(12-17(16)34-23)13(2)32-18(38)8-11-25(28,29)30/h4-5,12-14,19H,3,6-11H2,1-2H3,(H2,31,39)(H,32,38)(H,33,34)/t13-,19+/m1/s1. The lowest BCUT2D eigenvalue weighted by molar-refractivity contribution is -0.144. The number of nitrogens with two attached hydrogens (primary N) is 1. The molecule has 14 heteroatoms. The lowest BCUT2D eigenvalue weighted by atomic mass is 9.76. The van der Waals surface area contributed by atoms with Crippen LogP contribution in [0.3, 0.4) is 0 Å². The van der Waals surface area contributed by atoms with E-state index in [1.54, 1.807) is 32.0 Å². The summed E-state index contributed by atoms with van der Waals surface area (Å²) < 4.78 is 65.3. The molecule has 1 aliphatic carbocycles. The first-order valence-corrected chi connectivity index (χ1v) is 12.7. The van der Waals surface area contributed by atoms with Crippen LogP contribution in [0.4, 0.5) is 22.0 Å². The number of aromatic nitrogens is 5. The summed E-state index contributed by atoms with van der Waals surface area (Å²) in [7, 11) is 0. The molecule has 2 atom stereocenters. The minimum Gasteiger partial charge on any atom is -0.364 e. The normalized spacial score (nSPS) is 17.7. The number of aromatic amines is 1. The predicted molar refractivity (Wildman–Crippen MR) is 131 cm³/mol. The molecule has 212 valence electrons. The summed E-state index contributed by atoms with van der Waals surface area (Å²) in [5, 5.41) is 11.2. The smallest absolute Gasteiger partial charge is 0.364 e. The van der Waals surface area contributed by atoms with Gasteiger partial charge < -0.3 is 16.0 Å². The van der Waals surface area contributed by atoms with Gasteiger partial charge in [-0.3, -0.25) is 9.59 Å². The molecule has 1 fully saturated rings. The number of primary amides is 1. The van der Waals surface area contributed by atoms with Crippen molar-refractivity contribution >= 4 is 22.8 Å². The summed E-state index contributed by atoms with van der Waals surface area (Å²) >= 11 is 0. The number of halogens is 5. The Kier molecular flexibility index (Phi) is 7.94. The Morgan fingerprint density at radius 3 is 2.54 bits per heavy atom. The number of carbonyl (C=O) groups is 2. The zero-order valence-corrected chi connectivity index (χ0v) is 21.5. The zero-order valence-electron chi connectivity index (χ0n) is 21.5. The highest BCUT2D eigenvalue weighted by Crippen LogP contribution is 2.44. The van der Waals surface area contributed by atoms with Crippen LogP contribution in [0.25, 0.3) is 11.0 Å². The van der Waals surface area contributed by atoms with Crippen LogP contribution < -0.4 is 11.1 Å². The van der Waals surface area contributed by atoms with Gasteiger partial charge in [0.1, 0.15) is 11.5 Å². The quantitative estimate of drug-likeness (QED) is 0.328. The number of amides is 2. The number of fused-ring (bicyclic) bond motifs is 1. The van der Waals surface area contributed by atoms with E-state index in [1.165, 1.54) is 4.80 Å². The number of aryl methyl sites for hydroxylation is 1. The second-order valence-corrected chi connectivity index (χ2v) is 9.96. The van der Waals surface area contributed by atoms with E-state index >= 15 is 0 Å². The summed E-state index contributed by atoms with van der Waals surface area (Å²) in [4.78, 5) is 33.4. The number of alkyl halides is 5. The fourth-order valence-electron chi connectivity index (χ4n) is 4.97. The molecule has 0 unspecified atom stereocenters. The van der Waals surface area contributed by atoms with Gasteiger partial charge in [-0.25, -0.2) is 13.8 Å². The molecular formula is C25H30F5N7O2. The lowest BCUT2D eigenvalue weighted by Crippen LogP contribution is -2.30. The van der Waals surface area contributed by atoms with E-state index in [2.05, 4.69) is 25.5 Å². The van der Waals surface area contributed by atoms with Crippen molar-refractivity contribution < 1.29 is 31.5 Å². The lowest BCUT2D eigenvalue weighted by Gasteiger charge is -2.32. The molecule has 2 heterocycles.